The molecule has 1 N–H and O–H groups in total. The lowest BCUT2D eigenvalue weighted by Crippen LogP contribution is -2.28. The topological polar surface area (TPSA) is 77.8 Å². The SMILES string of the molecule is COc1cccc2cc(C(=O)NCC#CCOc3cccc(C(F)(F)F)c3)c(=O)oc12. The van der Waals surface area contributed by atoms with E-state index in [1.54, 1.807) is 18.2 Å². The van der Waals surface area contributed by atoms with Crippen molar-refractivity contribution in [2.45, 2.75) is 6.18 Å². The molecule has 31 heavy (non-hydrogen) atoms. The minimum atomic E-state index is -4.46. The molecule has 0 aliphatic rings. The first-order valence-corrected chi connectivity index (χ1v) is 8.94. The van der Waals surface area contributed by atoms with E-state index in [-0.39, 0.29) is 30.0 Å². The van der Waals surface area contributed by atoms with E-state index in [2.05, 4.69) is 17.2 Å². The second-order valence-electron chi connectivity index (χ2n) is 6.18. The summed E-state index contributed by atoms with van der Waals surface area (Å²) in [6.07, 6.45) is -4.46. The largest absolute Gasteiger partial charge is 0.493 e. The number of nitrogens with one attached hydrogen (secondary N) is 1. The highest BCUT2D eigenvalue weighted by atomic mass is 19.4. The molecule has 1 amide bonds. The number of hydrogen-bond acceptors (Lipinski definition) is 5. The van der Waals surface area contributed by atoms with Crippen molar-refractivity contribution >= 4 is 16.9 Å². The van der Waals surface area contributed by atoms with Crippen molar-refractivity contribution in [3.8, 4) is 23.3 Å². The molecule has 0 aliphatic carbocycles. The molecule has 160 valence electrons. The van der Waals surface area contributed by atoms with Gasteiger partial charge in [-0.3, -0.25) is 4.79 Å². The normalized spacial score (nSPS) is 10.8. The predicted molar refractivity (Wildman–Crippen MR) is 106 cm³/mol. The zero-order valence-electron chi connectivity index (χ0n) is 16.2. The Labute approximate surface area is 174 Å². The van der Waals surface area contributed by atoms with Crippen molar-refractivity contribution in [3.63, 3.8) is 0 Å². The van der Waals surface area contributed by atoms with Crippen molar-refractivity contribution in [1.29, 1.82) is 0 Å². The average Bonchev–Trinajstić information content (AvgIpc) is 2.74. The second kappa shape index (κ2) is 9.26. The molecule has 0 radical (unpaired) electrons. The number of hydrogen-bond donors (Lipinski definition) is 1. The van der Waals surface area contributed by atoms with Crippen LogP contribution in [0, 0.1) is 11.8 Å². The third kappa shape index (κ3) is 5.36. The lowest BCUT2D eigenvalue weighted by molar-refractivity contribution is -0.137. The Hall–Kier alpha value is -3.93. The highest BCUT2D eigenvalue weighted by molar-refractivity contribution is 5.97. The molecule has 1 aromatic heterocycles. The molecule has 2 aromatic carbocycles. The Bertz CT molecular complexity index is 1220. The van der Waals surface area contributed by atoms with Crippen LogP contribution in [0.5, 0.6) is 11.5 Å². The van der Waals surface area contributed by atoms with E-state index in [0.29, 0.717) is 11.1 Å². The minimum Gasteiger partial charge on any atom is -0.493 e. The van der Waals surface area contributed by atoms with Gasteiger partial charge in [-0.2, -0.15) is 13.2 Å². The Morgan fingerprint density at radius 2 is 1.90 bits per heavy atom. The fraction of sp³-hybridized carbons (Fsp3) is 0.182. The van der Waals surface area contributed by atoms with E-state index in [1.165, 1.54) is 25.3 Å². The van der Waals surface area contributed by atoms with Gasteiger partial charge in [-0.1, -0.05) is 30.0 Å². The second-order valence-corrected chi connectivity index (χ2v) is 6.18. The van der Waals surface area contributed by atoms with Gasteiger partial charge in [0.15, 0.2) is 11.3 Å². The summed E-state index contributed by atoms with van der Waals surface area (Å²) < 4.78 is 53.5. The maximum atomic E-state index is 12.7. The maximum Gasteiger partial charge on any atom is 0.416 e. The van der Waals surface area contributed by atoms with Gasteiger partial charge in [0.25, 0.3) is 5.91 Å². The van der Waals surface area contributed by atoms with E-state index in [1.807, 2.05) is 0 Å². The fourth-order valence-electron chi connectivity index (χ4n) is 2.65. The van der Waals surface area contributed by atoms with Gasteiger partial charge in [-0.05, 0) is 30.3 Å². The lowest BCUT2D eigenvalue weighted by Gasteiger charge is -2.08. The molecule has 0 fully saturated rings. The molecule has 1 heterocycles. The third-order valence-electron chi connectivity index (χ3n) is 4.12. The molecule has 6 nitrogen and oxygen atoms in total. The van der Waals surface area contributed by atoms with Gasteiger partial charge in [0.05, 0.1) is 19.2 Å². The van der Waals surface area contributed by atoms with Crippen LogP contribution in [0.2, 0.25) is 0 Å². The molecule has 9 heteroatoms. The average molecular weight is 431 g/mol. The van der Waals surface area contributed by atoms with Crippen LogP contribution >= 0.6 is 0 Å². The number of methoxy groups -OCH3 is 1. The monoisotopic (exact) mass is 431 g/mol. The zero-order chi connectivity index (χ0) is 22.4. The number of halogens is 3. The van der Waals surface area contributed by atoms with Crippen LogP contribution in [0.15, 0.2) is 57.7 Å². The Kier molecular flexibility index (Phi) is 6.50. The van der Waals surface area contributed by atoms with Crippen LogP contribution in [0.3, 0.4) is 0 Å². The predicted octanol–water partition coefficient (Wildman–Crippen LogP) is 3.63. The summed E-state index contributed by atoms with van der Waals surface area (Å²) in [6, 6.07) is 10.8. The van der Waals surface area contributed by atoms with Crippen molar-refractivity contribution in [3.05, 3.63) is 70.1 Å². The number of amides is 1. The smallest absolute Gasteiger partial charge is 0.416 e. The lowest BCUT2D eigenvalue weighted by atomic mass is 10.1. The summed E-state index contributed by atoms with van der Waals surface area (Å²) in [7, 11) is 1.44. The molecule has 0 bridgehead atoms. The highest BCUT2D eigenvalue weighted by Crippen LogP contribution is 2.31. The number of carbonyl (C=O) groups excluding carboxylic acids is 1. The first kappa shape index (κ1) is 21.8. The van der Waals surface area contributed by atoms with E-state index >= 15 is 0 Å². The zero-order valence-corrected chi connectivity index (χ0v) is 16.2. The summed E-state index contributed by atoms with van der Waals surface area (Å²) in [5, 5.41) is 2.97. The van der Waals surface area contributed by atoms with E-state index in [4.69, 9.17) is 13.9 Å². The van der Waals surface area contributed by atoms with Crippen molar-refractivity contribution in [2.75, 3.05) is 20.3 Å². The molecule has 0 saturated carbocycles. The molecule has 0 saturated heterocycles. The van der Waals surface area contributed by atoms with Gasteiger partial charge < -0.3 is 19.2 Å². The van der Waals surface area contributed by atoms with E-state index < -0.39 is 23.3 Å². The van der Waals surface area contributed by atoms with Crippen LogP contribution in [-0.4, -0.2) is 26.2 Å². The summed E-state index contributed by atoms with van der Waals surface area (Å²) in [6.45, 7) is -0.268. The first-order valence-electron chi connectivity index (χ1n) is 8.94. The number of rotatable bonds is 5. The Balaban J connectivity index is 1.57. The number of carbonyl (C=O) groups is 1. The summed E-state index contributed by atoms with van der Waals surface area (Å²) in [5.41, 5.74) is -1.60. The molecule has 3 rings (SSSR count). The van der Waals surface area contributed by atoms with E-state index in [0.717, 1.165) is 12.1 Å². The summed E-state index contributed by atoms with van der Waals surface area (Å²) in [4.78, 5) is 24.4. The number of alkyl halides is 3. The van der Waals surface area contributed by atoms with Crippen LogP contribution in [0.25, 0.3) is 11.0 Å². The standard InChI is InChI=1S/C22H16F3NO5/c1-29-18-9-4-6-14-12-17(21(28)31-19(14)18)20(27)26-10-2-3-11-30-16-8-5-7-15(13-16)22(23,24)25/h4-9,12-13H,10-11H2,1H3,(H,26,27). The van der Waals surface area contributed by atoms with Crippen molar-refractivity contribution < 1.29 is 31.9 Å². The van der Waals surface area contributed by atoms with Gasteiger partial charge in [-0.25, -0.2) is 4.79 Å². The molecule has 0 unspecified atom stereocenters. The van der Waals surface area contributed by atoms with Gasteiger partial charge in [0, 0.05) is 5.39 Å². The Morgan fingerprint density at radius 3 is 2.65 bits per heavy atom. The molecule has 0 spiro atoms. The Morgan fingerprint density at radius 1 is 1.13 bits per heavy atom. The van der Waals surface area contributed by atoms with Crippen molar-refractivity contribution in [1.82, 2.24) is 5.32 Å². The molecular weight excluding hydrogens is 415 g/mol. The first-order chi connectivity index (χ1) is 14.8. The van der Waals surface area contributed by atoms with E-state index in [9.17, 15) is 22.8 Å². The van der Waals surface area contributed by atoms with Crippen LogP contribution in [0.4, 0.5) is 13.2 Å². The van der Waals surface area contributed by atoms with Gasteiger partial charge in [0.2, 0.25) is 0 Å². The van der Waals surface area contributed by atoms with Crippen LogP contribution < -0.4 is 20.4 Å². The molecular formula is C22H16F3NO5. The van der Waals surface area contributed by atoms with Crippen LogP contribution in [-0.2, 0) is 6.18 Å². The number of ether oxygens (including phenoxy) is 2. The number of benzene rings is 2. The summed E-state index contributed by atoms with van der Waals surface area (Å²) in [5.74, 6) is 4.89. The highest BCUT2D eigenvalue weighted by Gasteiger charge is 2.30. The van der Waals surface area contributed by atoms with Crippen molar-refractivity contribution in [2.24, 2.45) is 0 Å². The van der Waals surface area contributed by atoms with Gasteiger partial charge >= 0.3 is 11.8 Å². The number of fused-ring (bicyclic) bond motifs is 1. The summed E-state index contributed by atoms with van der Waals surface area (Å²) >= 11 is 0. The quantitative estimate of drug-likeness (QED) is 0.493. The molecule has 0 atom stereocenters. The maximum absolute atomic E-state index is 12.7. The number of para-hydroxylation sites is 1. The molecule has 0 aliphatic heterocycles. The fourth-order valence-corrected chi connectivity index (χ4v) is 2.65. The van der Waals surface area contributed by atoms with Gasteiger partial charge in [-0.15, -0.1) is 0 Å². The van der Waals surface area contributed by atoms with Crippen LogP contribution in [0.1, 0.15) is 15.9 Å². The third-order valence-corrected chi connectivity index (χ3v) is 4.12. The molecule has 3 aromatic rings. The minimum absolute atomic E-state index is 0.0253. The van der Waals surface area contributed by atoms with Gasteiger partial charge in [0.1, 0.15) is 17.9 Å².